The van der Waals surface area contributed by atoms with Gasteiger partial charge in [-0.3, -0.25) is 4.79 Å². The molecule has 1 aliphatic rings. The Hall–Kier alpha value is -0.980. The van der Waals surface area contributed by atoms with Crippen molar-refractivity contribution in [3.8, 4) is 5.75 Å². The van der Waals surface area contributed by atoms with Gasteiger partial charge in [-0.15, -0.1) is 12.4 Å². The van der Waals surface area contributed by atoms with Crippen LogP contribution in [0.25, 0.3) is 0 Å². The quantitative estimate of drug-likeness (QED) is 0.827. The molecule has 1 amide bonds. The maximum Gasteiger partial charge on any atom is 0.221 e. The molecule has 2 N–H and O–H groups in total. The number of carbonyl (C=O) groups is 1. The molecule has 2 unspecified atom stereocenters. The lowest BCUT2D eigenvalue weighted by atomic mass is 10.2. The summed E-state index contributed by atoms with van der Waals surface area (Å²) >= 11 is 1.87. The summed E-state index contributed by atoms with van der Waals surface area (Å²) in [5, 5.41) is 6.19. The van der Waals surface area contributed by atoms with E-state index in [1.54, 1.807) is 12.1 Å². The minimum Gasteiger partial charge on any atom is -0.489 e. The van der Waals surface area contributed by atoms with Crippen molar-refractivity contribution in [2.24, 2.45) is 0 Å². The fourth-order valence-electron chi connectivity index (χ4n) is 2.12. The van der Waals surface area contributed by atoms with Crippen molar-refractivity contribution in [1.29, 1.82) is 0 Å². The maximum absolute atomic E-state index is 13.0. The van der Waals surface area contributed by atoms with Gasteiger partial charge in [0.15, 0.2) is 0 Å². The van der Waals surface area contributed by atoms with Crippen LogP contribution in [-0.2, 0) is 4.79 Å². The molecule has 124 valence electrons. The number of thioether (sulfide) groups is 1. The van der Waals surface area contributed by atoms with Gasteiger partial charge in [0.05, 0.1) is 6.54 Å². The van der Waals surface area contributed by atoms with Crippen molar-refractivity contribution in [1.82, 2.24) is 10.6 Å². The molecule has 0 spiro atoms. The zero-order valence-electron chi connectivity index (χ0n) is 12.5. The van der Waals surface area contributed by atoms with E-state index in [0.29, 0.717) is 18.7 Å². The van der Waals surface area contributed by atoms with Gasteiger partial charge in [-0.2, -0.15) is 11.8 Å². The second kappa shape index (κ2) is 9.92. The molecule has 0 radical (unpaired) electrons. The van der Waals surface area contributed by atoms with Crippen LogP contribution < -0.4 is 15.4 Å². The number of hydrogen-bond donors (Lipinski definition) is 2. The largest absolute Gasteiger partial charge is 0.489 e. The molecule has 2 atom stereocenters. The summed E-state index contributed by atoms with van der Waals surface area (Å²) < 4.78 is 18.6. The van der Waals surface area contributed by atoms with Gasteiger partial charge in [0.1, 0.15) is 17.7 Å². The Balaban J connectivity index is 0.00000242. The summed E-state index contributed by atoms with van der Waals surface area (Å²) in [4.78, 5) is 11.8. The lowest BCUT2D eigenvalue weighted by molar-refractivity contribution is -0.121. The number of ether oxygens (including phenoxy) is 1. The highest BCUT2D eigenvalue weighted by molar-refractivity contribution is 7.99. The highest BCUT2D eigenvalue weighted by Crippen LogP contribution is 2.13. The molecule has 4 nitrogen and oxygen atoms in total. The number of rotatable bonds is 6. The summed E-state index contributed by atoms with van der Waals surface area (Å²) in [6.45, 7) is 3.22. The number of hydrogen-bond acceptors (Lipinski definition) is 4. The molecule has 1 saturated heterocycles. The fraction of sp³-hybridized carbons (Fsp3) is 0.533. The Morgan fingerprint density at radius 1 is 1.59 bits per heavy atom. The molecular weight excluding hydrogens is 327 g/mol. The lowest BCUT2D eigenvalue weighted by Gasteiger charge is -2.23. The Labute approximate surface area is 141 Å². The Kier molecular flexibility index (Phi) is 8.60. The van der Waals surface area contributed by atoms with Crippen molar-refractivity contribution >= 4 is 30.1 Å². The van der Waals surface area contributed by atoms with Crippen molar-refractivity contribution in [2.75, 3.05) is 24.6 Å². The van der Waals surface area contributed by atoms with Gasteiger partial charge in [0.2, 0.25) is 5.91 Å². The van der Waals surface area contributed by atoms with Gasteiger partial charge in [-0.1, -0.05) is 6.07 Å². The third kappa shape index (κ3) is 6.85. The SMILES string of the molecule is CC(CNC(=O)CC1CSCCN1)Oc1cccc(F)c1.Cl. The van der Waals surface area contributed by atoms with E-state index in [2.05, 4.69) is 10.6 Å². The van der Waals surface area contributed by atoms with Gasteiger partial charge in [-0.25, -0.2) is 4.39 Å². The van der Waals surface area contributed by atoms with E-state index >= 15 is 0 Å². The second-order valence-corrected chi connectivity index (χ2v) is 6.27. The van der Waals surface area contributed by atoms with Crippen LogP contribution >= 0.6 is 24.2 Å². The minimum absolute atomic E-state index is 0. The molecule has 0 saturated carbocycles. The van der Waals surface area contributed by atoms with Gasteiger partial charge < -0.3 is 15.4 Å². The van der Waals surface area contributed by atoms with Crippen LogP contribution in [0, 0.1) is 5.82 Å². The second-order valence-electron chi connectivity index (χ2n) is 5.12. The monoisotopic (exact) mass is 348 g/mol. The third-order valence-corrected chi connectivity index (χ3v) is 4.28. The highest BCUT2D eigenvalue weighted by Gasteiger charge is 2.17. The van der Waals surface area contributed by atoms with E-state index in [1.165, 1.54) is 12.1 Å². The van der Waals surface area contributed by atoms with Gasteiger partial charge >= 0.3 is 0 Å². The molecule has 0 bridgehead atoms. The first-order valence-electron chi connectivity index (χ1n) is 7.13. The molecule has 0 aliphatic carbocycles. The van der Waals surface area contributed by atoms with Crippen molar-refractivity contribution in [2.45, 2.75) is 25.5 Å². The zero-order valence-corrected chi connectivity index (χ0v) is 14.1. The molecule has 22 heavy (non-hydrogen) atoms. The summed E-state index contributed by atoms with van der Waals surface area (Å²) in [5.41, 5.74) is 0. The van der Waals surface area contributed by atoms with E-state index in [0.717, 1.165) is 18.1 Å². The molecular formula is C15H22ClFN2O2S. The highest BCUT2D eigenvalue weighted by atomic mass is 35.5. The van der Waals surface area contributed by atoms with Crippen LogP contribution in [0.1, 0.15) is 13.3 Å². The molecule has 1 fully saturated rings. The fourth-order valence-corrected chi connectivity index (χ4v) is 3.07. The van der Waals surface area contributed by atoms with Crippen LogP contribution in [0.4, 0.5) is 4.39 Å². The first kappa shape index (κ1) is 19.1. The van der Waals surface area contributed by atoms with E-state index in [9.17, 15) is 9.18 Å². The molecule has 2 rings (SSSR count). The van der Waals surface area contributed by atoms with Crippen LogP contribution in [0.3, 0.4) is 0 Å². The zero-order chi connectivity index (χ0) is 15.1. The third-order valence-electron chi connectivity index (χ3n) is 3.15. The summed E-state index contributed by atoms with van der Waals surface area (Å²) in [6.07, 6.45) is 0.282. The van der Waals surface area contributed by atoms with E-state index in [1.807, 2.05) is 18.7 Å². The molecule has 1 aliphatic heterocycles. The van der Waals surface area contributed by atoms with E-state index < -0.39 is 0 Å². The number of benzene rings is 1. The van der Waals surface area contributed by atoms with Gasteiger partial charge in [0, 0.05) is 36.6 Å². The number of carbonyl (C=O) groups excluding carboxylic acids is 1. The topological polar surface area (TPSA) is 50.4 Å². The number of amides is 1. The van der Waals surface area contributed by atoms with Crippen molar-refractivity contribution < 1.29 is 13.9 Å². The Morgan fingerprint density at radius 2 is 2.41 bits per heavy atom. The summed E-state index contributed by atoms with van der Waals surface area (Å²) in [5.74, 6) is 2.25. The Bertz CT molecular complexity index is 473. The van der Waals surface area contributed by atoms with Crippen LogP contribution in [0.15, 0.2) is 24.3 Å². The first-order valence-corrected chi connectivity index (χ1v) is 8.29. The minimum atomic E-state index is -0.329. The molecule has 1 aromatic rings. The molecule has 1 heterocycles. The van der Waals surface area contributed by atoms with Crippen LogP contribution in [-0.4, -0.2) is 42.6 Å². The number of nitrogens with one attached hydrogen (secondary N) is 2. The Morgan fingerprint density at radius 3 is 3.09 bits per heavy atom. The van der Waals surface area contributed by atoms with E-state index in [4.69, 9.17) is 4.74 Å². The summed E-state index contributed by atoms with van der Waals surface area (Å²) in [6, 6.07) is 6.26. The average Bonchev–Trinajstić information content (AvgIpc) is 2.46. The molecule has 7 heteroatoms. The average molecular weight is 349 g/mol. The number of halogens is 2. The molecule has 1 aromatic carbocycles. The van der Waals surface area contributed by atoms with Gasteiger partial charge in [0.25, 0.3) is 0 Å². The molecule has 0 aromatic heterocycles. The summed E-state index contributed by atoms with van der Waals surface area (Å²) in [7, 11) is 0. The normalized spacial score (nSPS) is 18.9. The van der Waals surface area contributed by atoms with Gasteiger partial charge in [-0.05, 0) is 19.1 Å². The van der Waals surface area contributed by atoms with Crippen LogP contribution in [0.2, 0.25) is 0 Å². The predicted molar refractivity (Wildman–Crippen MR) is 90.5 cm³/mol. The lowest BCUT2D eigenvalue weighted by Crippen LogP contribution is -2.42. The van der Waals surface area contributed by atoms with E-state index in [-0.39, 0.29) is 36.3 Å². The first-order chi connectivity index (χ1) is 10.1. The van der Waals surface area contributed by atoms with Crippen molar-refractivity contribution in [3.05, 3.63) is 30.1 Å². The van der Waals surface area contributed by atoms with Crippen molar-refractivity contribution in [3.63, 3.8) is 0 Å². The standard InChI is InChI=1S/C15H21FN2O2S.ClH/c1-11(20-14-4-2-3-12(16)7-14)9-18-15(19)8-13-10-21-6-5-17-13;/h2-4,7,11,13,17H,5-6,8-10H2,1H3,(H,18,19);1H. The van der Waals surface area contributed by atoms with Crippen LogP contribution in [0.5, 0.6) is 5.75 Å². The maximum atomic E-state index is 13.0. The predicted octanol–water partition coefficient (Wildman–Crippen LogP) is 2.23. The smallest absolute Gasteiger partial charge is 0.221 e.